The van der Waals surface area contributed by atoms with Crippen LogP contribution < -0.4 is 0 Å². The summed E-state index contributed by atoms with van der Waals surface area (Å²) >= 11 is 0. The van der Waals surface area contributed by atoms with E-state index in [1.54, 1.807) is 0 Å². The Morgan fingerprint density at radius 1 is 1.40 bits per heavy atom. The quantitative estimate of drug-likeness (QED) is 0.629. The topological polar surface area (TPSA) is 23.5 Å². The number of aliphatic hydroxyl groups excluding tert-OH is 1. The number of hydrogen-bond donors (Lipinski definition) is 1. The van der Waals surface area contributed by atoms with Crippen LogP contribution in [0.4, 0.5) is 0 Å². The summed E-state index contributed by atoms with van der Waals surface area (Å²) in [5.41, 5.74) is 0.164. The smallest absolute Gasteiger partial charge is 0.0639 e. The summed E-state index contributed by atoms with van der Waals surface area (Å²) in [5.74, 6) is 0. The number of aliphatic hydroxyl groups is 1. The molecule has 0 saturated heterocycles. The van der Waals surface area contributed by atoms with Gasteiger partial charge in [-0.15, -0.1) is 0 Å². The van der Waals surface area contributed by atoms with Gasteiger partial charge in [0.2, 0.25) is 0 Å². The van der Waals surface area contributed by atoms with Crippen molar-refractivity contribution in [1.29, 1.82) is 0 Å². The molecular formula is C8H19NO. The summed E-state index contributed by atoms with van der Waals surface area (Å²) in [5, 5.41) is 9.04. The molecule has 0 fully saturated rings. The Morgan fingerprint density at radius 2 is 1.80 bits per heavy atom. The standard InChI is InChI=1S/C8H19NO/c1-7(10)6-9(5)8(2,3)4/h7,10H,6H2,1-5H3. The molecule has 0 bridgehead atoms. The van der Waals surface area contributed by atoms with Gasteiger partial charge < -0.3 is 5.11 Å². The lowest BCUT2D eigenvalue weighted by Crippen LogP contribution is -2.41. The molecule has 0 radical (unpaired) electrons. The molecule has 0 rings (SSSR count). The van der Waals surface area contributed by atoms with E-state index < -0.39 is 0 Å². The van der Waals surface area contributed by atoms with Gasteiger partial charge in [-0.05, 0) is 34.7 Å². The molecule has 1 unspecified atom stereocenters. The Labute approximate surface area is 63.8 Å². The van der Waals surface area contributed by atoms with Crippen LogP contribution in [0.15, 0.2) is 0 Å². The van der Waals surface area contributed by atoms with E-state index in [0.29, 0.717) is 0 Å². The molecule has 0 amide bonds. The Bertz CT molecular complexity index is 93.9. The second kappa shape index (κ2) is 3.35. The molecule has 0 aromatic heterocycles. The molecule has 1 N–H and O–H groups in total. The van der Waals surface area contributed by atoms with Crippen molar-refractivity contribution >= 4 is 0 Å². The van der Waals surface area contributed by atoms with Crippen LogP contribution in [0.2, 0.25) is 0 Å². The summed E-state index contributed by atoms with van der Waals surface area (Å²) in [6.07, 6.45) is -0.232. The molecule has 1 atom stereocenters. The molecule has 2 nitrogen and oxygen atoms in total. The summed E-state index contributed by atoms with van der Waals surface area (Å²) in [4.78, 5) is 2.14. The van der Waals surface area contributed by atoms with Crippen molar-refractivity contribution in [2.75, 3.05) is 13.6 Å². The predicted molar refractivity (Wildman–Crippen MR) is 44.1 cm³/mol. The zero-order valence-corrected chi connectivity index (χ0v) is 7.68. The van der Waals surface area contributed by atoms with Gasteiger partial charge in [0.1, 0.15) is 0 Å². The molecule has 0 aliphatic heterocycles. The van der Waals surface area contributed by atoms with Crippen LogP contribution >= 0.6 is 0 Å². The van der Waals surface area contributed by atoms with Crippen LogP contribution in [0.1, 0.15) is 27.7 Å². The first-order valence-corrected chi connectivity index (χ1v) is 3.73. The third kappa shape index (κ3) is 3.85. The number of nitrogens with zero attached hydrogens (tertiary/aromatic N) is 1. The summed E-state index contributed by atoms with van der Waals surface area (Å²) in [6, 6.07) is 0. The van der Waals surface area contributed by atoms with Gasteiger partial charge in [0, 0.05) is 12.1 Å². The Balaban J connectivity index is 3.73. The van der Waals surface area contributed by atoms with Crippen LogP contribution in [0.5, 0.6) is 0 Å². The fraction of sp³-hybridized carbons (Fsp3) is 1.00. The molecule has 62 valence electrons. The molecule has 0 aliphatic rings. The lowest BCUT2D eigenvalue weighted by Gasteiger charge is -2.32. The molecular weight excluding hydrogens is 126 g/mol. The first-order valence-electron chi connectivity index (χ1n) is 3.73. The highest BCUT2D eigenvalue weighted by Crippen LogP contribution is 2.09. The number of likely N-dealkylation sites (N-methyl/N-ethyl adjacent to an activating group) is 1. The predicted octanol–water partition coefficient (Wildman–Crippen LogP) is 1.10. The maximum absolute atomic E-state index is 9.04. The van der Waals surface area contributed by atoms with E-state index in [0.717, 1.165) is 6.54 Å². The molecule has 0 aromatic rings. The van der Waals surface area contributed by atoms with Crippen LogP contribution in [-0.2, 0) is 0 Å². The number of rotatable bonds is 2. The SMILES string of the molecule is CC(O)CN(C)C(C)(C)C. The van der Waals surface area contributed by atoms with E-state index in [1.165, 1.54) is 0 Å². The number of hydrogen-bond acceptors (Lipinski definition) is 2. The lowest BCUT2D eigenvalue weighted by atomic mass is 10.1. The third-order valence-corrected chi connectivity index (χ3v) is 1.68. The van der Waals surface area contributed by atoms with Gasteiger partial charge in [0.15, 0.2) is 0 Å². The molecule has 0 aliphatic carbocycles. The maximum atomic E-state index is 9.04. The molecule has 0 heterocycles. The van der Waals surface area contributed by atoms with Gasteiger partial charge in [-0.25, -0.2) is 0 Å². The Hall–Kier alpha value is -0.0800. The molecule has 0 spiro atoms. The van der Waals surface area contributed by atoms with E-state index in [2.05, 4.69) is 25.7 Å². The first-order chi connectivity index (χ1) is 4.34. The van der Waals surface area contributed by atoms with Crippen LogP contribution in [-0.4, -0.2) is 35.2 Å². The normalized spacial score (nSPS) is 15.9. The fourth-order valence-corrected chi connectivity index (χ4v) is 0.670. The maximum Gasteiger partial charge on any atom is 0.0639 e. The van der Waals surface area contributed by atoms with E-state index in [-0.39, 0.29) is 11.6 Å². The summed E-state index contributed by atoms with van der Waals surface area (Å²) in [7, 11) is 2.02. The average molecular weight is 145 g/mol. The first kappa shape index (κ1) is 9.92. The van der Waals surface area contributed by atoms with Crippen LogP contribution in [0, 0.1) is 0 Å². The molecule has 2 heteroatoms. The van der Waals surface area contributed by atoms with E-state index >= 15 is 0 Å². The van der Waals surface area contributed by atoms with Crippen molar-refractivity contribution in [3.63, 3.8) is 0 Å². The number of β-amino-alcohol motifs (C(OH)–C–C–N with tert-alkyl or cyclic N) is 1. The minimum atomic E-state index is -0.232. The Morgan fingerprint density at radius 3 is 1.90 bits per heavy atom. The van der Waals surface area contributed by atoms with Gasteiger partial charge >= 0.3 is 0 Å². The van der Waals surface area contributed by atoms with Crippen LogP contribution in [0.25, 0.3) is 0 Å². The molecule has 0 saturated carbocycles. The van der Waals surface area contributed by atoms with Gasteiger partial charge in [-0.2, -0.15) is 0 Å². The summed E-state index contributed by atoms with van der Waals surface area (Å²) < 4.78 is 0. The second-order valence-electron chi connectivity index (χ2n) is 3.90. The van der Waals surface area contributed by atoms with E-state index in [1.807, 2.05) is 14.0 Å². The van der Waals surface area contributed by atoms with Crippen LogP contribution in [0.3, 0.4) is 0 Å². The molecule has 10 heavy (non-hydrogen) atoms. The highest BCUT2D eigenvalue weighted by Gasteiger charge is 2.17. The average Bonchev–Trinajstić information content (AvgIpc) is 1.60. The summed E-state index contributed by atoms with van der Waals surface area (Å²) in [6.45, 7) is 8.95. The van der Waals surface area contributed by atoms with E-state index in [4.69, 9.17) is 5.11 Å². The van der Waals surface area contributed by atoms with Crippen molar-refractivity contribution in [1.82, 2.24) is 4.90 Å². The second-order valence-corrected chi connectivity index (χ2v) is 3.90. The zero-order valence-electron chi connectivity index (χ0n) is 7.68. The van der Waals surface area contributed by atoms with E-state index in [9.17, 15) is 0 Å². The molecule has 0 aromatic carbocycles. The lowest BCUT2D eigenvalue weighted by molar-refractivity contribution is 0.0894. The van der Waals surface area contributed by atoms with Gasteiger partial charge in [0.05, 0.1) is 6.10 Å². The van der Waals surface area contributed by atoms with Gasteiger partial charge in [-0.3, -0.25) is 4.90 Å². The minimum absolute atomic E-state index is 0.164. The third-order valence-electron chi connectivity index (χ3n) is 1.68. The monoisotopic (exact) mass is 145 g/mol. The van der Waals surface area contributed by atoms with Crippen molar-refractivity contribution in [2.45, 2.75) is 39.3 Å². The minimum Gasteiger partial charge on any atom is -0.392 e. The van der Waals surface area contributed by atoms with Gasteiger partial charge in [-0.1, -0.05) is 0 Å². The van der Waals surface area contributed by atoms with Crippen molar-refractivity contribution in [3.8, 4) is 0 Å². The Kier molecular flexibility index (Phi) is 3.33. The van der Waals surface area contributed by atoms with Crippen molar-refractivity contribution in [3.05, 3.63) is 0 Å². The van der Waals surface area contributed by atoms with Gasteiger partial charge in [0.25, 0.3) is 0 Å². The highest BCUT2D eigenvalue weighted by molar-refractivity contribution is 4.73. The largest absolute Gasteiger partial charge is 0.392 e. The van der Waals surface area contributed by atoms with Crippen molar-refractivity contribution in [2.24, 2.45) is 0 Å². The zero-order chi connectivity index (χ0) is 8.36. The highest BCUT2D eigenvalue weighted by atomic mass is 16.3. The van der Waals surface area contributed by atoms with Crippen molar-refractivity contribution < 1.29 is 5.11 Å². The fourth-order valence-electron chi connectivity index (χ4n) is 0.670.